The molecule has 0 fully saturated rings. The van der Waals surface area contributed by atoms with Crippen LogP contribution in [0.25, 0.3) is 0 Å². The standard InChI is InChI=1S/C12H23ClN4/c1-6-7-17-10(9(13)8-15-17)11(14)12(2,3)16(4)5/h8,11H,6-7,14H2,1-5H3. The summed E-state index contributed by atoms with van der Waals surface area (Å²) in [6.45, 7) is 7.18. The van der Waals surface area contributed by atoms with E-state index in [0.717, 1.165) is 18.7 Å². The molecule has 1 aromatic heterocycles. The number of aryl methyl sites for hydroxylation is 1. The molecule has 0 saturated carbocycles. The van der Waals surface area contributed by atoms with Crippen molar-refractivity contribution in [3.63, 3.8) is 0 Å². The summed E-state index contributed by atoms with van der Waals surface area (Å²) in [6.07, 6.45) is 2.69. The van der Waals surface area contributed by atoms with Gasteiger partial charge in [0.1, 0.15) is 0 Å². The van der Waals surface area contributed by atoms with Crippen LogP contribution in [-0.2, 0) is 6.54 Å². The molecule has 4 nitrogen and oxygen atoms in total. The molecule has 2 N–H and O–H groups in total. The van der Waals surface area contributed by atoms with E-state index >= 15 is 0 Å². The van der Waals surface area contributed by atoms with Crippen molar-refractivity contribution in [1.29, 1.82) is 0 Å². The Labute approximate surface area is 109 Å². The van der Waals surface area contributed by atoms with E-state index in [0.29, 0.717) is 5.02 Å². The Morgan fingerprint density at radius 1 is 1.53 bits per heavy atom. The van der Waals surface area contributed by atoms with Crippen LogP contribution in [0, 0.1) is 0 Å². The first-order chi connectivity index (χ1) is 7.82. The predicted molar refractivity (Wildman–Crippen MR) is 72.2 cm³/mol. The number of hydrogen-bond donors (Lipinski definition) is 1. The van der Waals surface area contributed by atoms with Gasteiger partial charge in [-0.2, -0.15) is 5.10 Å². The van der Waals surface area contributed by atoms with Crippen molar-refractivity contribution >= 4 is 11.6 Å². The number of hydrogen-bond acceptors (Lipinski definition) is 3. The summed E-state index contributed by atoms with van der Waals surface area (Å²) in [5.74, 6) is 0. The zero-order valence-corrected chi connectivity index (χ0v) is 12.1. The first-order valence-corrected chi connectivity index (χ1v) is 6.34. The van der Waals surface area contributed by atoms with E-state index in [1.165, 1.54) is 0 Å². The molecule has 0 radical (unpaired) electrons. The molecular formula is C12H23ClN4. The Balaban J connectivity index is 3.10. The molecule has 0 amide bonds. The van der Waals surface area contributed by atoms with Gasteiger partial charge in [-0.25, -0.2) is 0 Å². The van der Waals surface area contributed by atoms with E-state index in [2.05, 4.69) is 30.8 Å². The molecule has 98 valence electrons. The maximum absolute atomic E-state index is 6.36. The van der Waals surface area contributed by atoms with Gasteiger partial charge in [-0.3, -0.25) is 4.68 Å². The number of nitrogens with two attached hydrogens (primary N) is 1. The lowest BCUT2D eigenvalue weighted by atomic mass is 9.91. The molecule has 1 heterocycles. The Kier molecular flexibility index (Phi) is 4.58. The van der Waals surface area contributed by atoms with E-state index in [4.69, 9.17) is 17.3 Å². The van der Waals surface area contributed by atoms with Crippen LogP contribution in [0.2, 0.25) is 5.02 Å². The average molecular weight is 259 g/mol. The molecule has 0 spiro atoms. The molecule has 1 rings (SSSR count). The van der Waals surface area contributed by atoms with Gasteiger partial charge < -0.3 is 10.6 Å². The number of aromatic nitrogens is 2. The Morgan fingerprint density at radius 2 is 2.12 bits per heavy atom. The van der Waals surface area contributed by atoms with Gasteiger partial charge in [-0.1, -0.05) is 18.5 Å². The van der Waals surface area contributed by atoms with E-state index in [1.54, 1.807) is 6.20 Å². The fourth-order valence-corrected chi connectivity index (χ4v) is 1.94. The van der Waals surface area contributed by atoms with Gasteiger partial charge in [0.2, 0.25) is 0 Å². The lowest BCUT2D eigenvalue weighted by molar-refractivity contribution is 0.154. The van der Waals surface area contributed by atoms with Crippen molar-refractivity contribution < 1.29 is 0 Å². The molecule has 0 aromatic carbocycles. The second-order valence-corrected chi connectivity index (χ2v) is 5.53. The fourth-order valence-electron chi connectivity index (χ4n) is 1.68. The smallest absolute Gasteiger partial charge is 0.0834 e. The molecule has 0 aliphatic heterocycles. The molecule has 1 atom stereocenters. The Bertz CT molecular complexity index is 371. The highest BCUT2D eigenvalue weighted by Crippen LogP contribution is 2.31. The average Bonchev–Trinajstić information content (AvgIpc) is 2.59. The van der Waals surface area contributed by atoms with Crippen LogP contribution in [0.4, 0.5) is 0 Å². The van der Waals surface area contributed by atoms with Crippen molar-refractivity contribution in [2.75, 3.05) is 14.1 Å². The first-order valence-electron chi connectivity index (χ1n) is 5.96. The van der Waals surface area contributed by atoms with Gasteiger partial charge in [0.25, 0.3) is 0 Å². The van der Waals surface area contributed by atoms with Crippen LogP contribution in [0.5, 0.6) is 0 Å². The normalized spacial score (nSPS) is 14.4. The fraction of sp³-hybridized carbons (Fsp3) is 0.750. The van der Waals surface area contributed by atoms with Crippen LogP contribution in [-0.4, -0.2) is 34.3 Å². The second kappa shape index (κ2) is 5.38. The third-order valence-corrected chi connectivity index (χ3v) is 3.77. The van der Waals surface area contributed by atoms with Crippen LogP contribution < -0.4 is 5.73 Å². The van der Waals surface area contributed by atoms with Gasteiger partial charge in [0.15, 0.2) is 0 Å². The van der Waals surface area contributed by atoms with Gasteiger partial charge >= 0.3 is 0 Å². The quantitative estimate of drug-likeness (QED) is 0.882. The highest BCUT2D eigenvalue weighted by molar-refractivity contribution is 6.31. The molecule has 0 aliphatic rings. The largest absolute Gasteiger partial charge is 0.321 e. The minimum Gasteiger partial charge on any atom is -0.321 e. The molecular weight excluding hydrogens is 236 g/mol. The highest BCUT2D eigenvalue weighted by Gasteiger charge is 2.33. The minimum absolute atomic E-state index is 0.168. The number of nitrogens with zero attached hydrogens (tertiary/aromatic N) is 3. The Hall–Kier alpha value is -0.580. The van der Waals surface area contributed by atoms with E-state index in [-0.39, 0.29) is 11.6 Å². The van der Waals surface area contributed by atoms with Gasteiger partial charge in [0.05, 0.1) is 23.0 Å². The summed E-state index contributed by atoms with van der Waals surface area (Å²) < 4.78 is 1.91. The second-order valence-electron chi connectivity index (χ2n) is 5.13. The van der Waals surface area contributed by atoms with Crippen molar-refractivity contribution in [3.05, 3.63) is 16.9 Å². The minimum atomic E-state index is -0.171. The number of rotatable bonds is 5. The van der Waals surface area contributed by atoms with Gasteiger partial charge in [-0.05, 0) is 34.4 Å². The van der Waals surface area contributed by atoms with Gasteiger partial charge in [-0.15, -0.1) is 0 Å². The lowest BCUT2D eigenvalue weighted by Gasteiger charge is -2.38. The SMILES string of the molecule is CCCn1ncc(Cl)c1C(N)C(C)(C)N(C)C. The third-order valence-electron chi connectivity index (χ3n) is 3.48. The summed E-state index contributed by atoms with van der Waals surface area (Å²) in [5, 5.41) is 4.94. The Morgan fingerprint density at radius 3 is 2.59 bits per heavy atom. The summed E-state index contributed by atoms with van der Waals surface area (Å²) in [6, 6.07) is -0.168. The molecule has 1 unspecified atom stereocenters. The monoisotopic (exact) mass is 258 g/mol. The van der Waals surface area contributed by atoms with E-state index < -0.39 is 0 Å². The van der Waals surface area contributed by atoms with E-state index in [1.807, 2.05) is 18.8 Å². The number of halogens is 1. The first kappa shape index (κ1) is 14.5. The molecule has 17 heavy (non-hydrogen) atoms. The highest BCUT2D eigenvalue weighted by atomic mass is 35.5. The van der Waals surface area contributed by atoms with Gasteiger partial charge in [0, 0.05) is 12.1 Å². The molecule has 0 saturated heterocycles. The zero-order chi connectivity index (χ0) is 13.2. The van der Waals surface area contributed by atoms with Crippen molar-refractivity contribution in [3.8, 4) is 0 Å². The molecule has 5 heteroatoms. The van der Waals surface area contributed by atoms with Crippen LogP contribution in [0.15, 0.2) is 6.20 Å². The van der Waals surface area contributed by atoms with Crippen molar-refractivity contribution in [1.82, 2.24) is 14.7 Å². The van der Waals surface area contributed by atoms with Crippen molar-refractivity contribution in [2.45, 2.75) is 45.3 Å². The number of likely N-dealkylation sites (N-methyl/N-ethyl adjacent to an activating group) is 1. The molecule has 1 aromatic rings. The van der Waals surface area contributed by atoms with Crippen LogP contribution >= 0.6 is 11.6 Å². The zero-order valence-electron chi connectivity index (χ0n) is 11.4. The maximum atomic E-state index is 6.36. The summed E-state index contributed by atoms with van der Waals surface area (Å²) in [4.78, 5) is 2.11. The third kappa shape index (κ3) is 2.81. The van der Waals surface area contributed by atoms with Crippen LogP contribution in [0.3, 0.4) is 0 Å². The lowest BCUT2D eigenvalue weighted by Crippen LogP contribution is -2.48. The summed E-state index contributed by atoms with van der Waals surface area (Å²) in [5.41, 5.74) is 7.12. The van der Waals surface area contributed by atoms with Crippen LogP contribution in [0.1, 0.15) is 38.9 Å². The topological polar surface area (TPSA) is 47.1 Å². The van der Waals surface area contributed by atoms with E-state index in [9.17, 15) is 0 Å². The molecule has 0 bridgehead atoms. The maximum Gasteiger partial charge on any atom is 0.0834 e. The summed E-state index contributed by atoms with van der Waals surface area (Å²) in [7, 11) is 4.04. The molecule has 0 aliphatic carbocycles. The summed E-state index contributed by atoms with van der Waals surface area (Å²) >= 11 is 6.20. The van der Waals surface area contributed by atoms with Crippen molar-refractivity contribution in [2.24, 2.45) is 5.73 Å². The predicted octanol–water partition coefficient (Wildman–Crippen LogP) is 2.29.